The summed E-state index contributed by atoms with van der Waals surface area (Å²) in [5.74, 6) is 0.409. The molecule has 1 amide bonds. The quantitative estimate of drug-likeness (QED) is 0.802. The Kier molecular flexibility index (Phi) is 3.78. The smallest absolute Gasteiger partial charge is 0.259 e. The molecule has 22 heavy (non-hydrogen) atoms. The highest BCUT2D eigenvalue weighted by Crippen LogP contribution is 2.14. The Morgan fingerprint density at radius 3 is 2.82 bits per heavy atom. The van der Waals surface area contributed by atoms with E-state index in [4.69, 9.17) is 4.42 Å². The van der Waals surface area contributed by atoms with Crippen molar-refractivity contribution in [3.05, 3.63) is 71.4 Å². The van der Waals surface area contributed by atoms with Crippen molar-refractivity contribution >= 4 is 11.6 Å². The molecule has 5 nitrogen and oxygen atoms in total. The summed E-state index contributed by atoms with van der Waals surface area (Å²) in [4.78, 5) is 12.1. The molecular weight excluding hydrogens is 278 g/mol. The van der Waals surface area contributed by atoms with E-state index in [1.54, 1.807) is 23.9 Å². The number of nitrogens with zero attached hydrogens (tertiary/aromatic N) is 2. The highest BCUT2D eigenvalue weighted by molar-refractivity contribution is 6.04. The third-order valence-electron chi connectivity index (χ3n) is 3.59. The van der Waals surface area contributed by atoms with Crippen LogP contribution in [0.1, 0.15) is 27.2 Å². The molecule has 0 radical (unpaired) electrons. The van der Waals surface area contributed by atoms with Crippen LogP contribution in [0.2, 0.25) is 0 Å². The first-order chi connectivity index (χ1) is 10.6. The summed E-state index contributed by atoms with van der Waals surface area (Å²) >= 11 is 0. The van der Waals surface area contributed by atoms with Crippen molar-refractivity contribution in [2.24, 2.45) is 0 Å². The lowest BCUT2D eigenvalue weighted by Crippen LogP contribution is -2.11. The molecule has 0 saturated carbocycles. The van der Waals surface area contributed by atoms with Gasteiger partial charge in [0.25, 0.3) is 5.91 Å². The first kappa shape index (κ1) is 14.1. The van der Waals surface area contributed by atoms with Crippen LogP contribution in [0.4, 0.5) is 5.69 Å². The standard InChI is InChI=1S/C17H17N3O2/c1-12-5-3-4-6-14(12)10-20-11-15(9-18-20)19-17(21)16-7-8-22-13(16)2/h3-9,11H,10H2,1-2H3,(H,19,21). The summed E-state index contributed by atoms with van der Waals surface area (Å²) in [6.07, 6.45) is 4.97. The fraction of sp³-hybridized carbons (Fsp3) is 0.176. The molecule has 3 aromatic rings. The summed E-state index contributed by atoms with van der Waals surface area (Å²) in [6, 6.07) is 9.83. The van der Waals surface area contributed by atoms with Crippen LogP contribution in [-0.2, 0) is 6.54 Å². The third kappa shape index (κ3) is 2.93. The van der Waals surface area contributed by atoms with Gasteiger partial charge in [-0.3, -0.25) is 9.48 Å². The summed E-state index contributed by atoms with van der Waals surface area (Å²) in [7, 11) is 0. The molecule has 3 rings (SSSR count). The van der Waals surface area contributed by atoms with Crippen LogP contribution in [-0.4, -0.2) is 15.7 Å². The number of carbonyl (C=O) groups excluding carboxylic acids is 1. The lowest BCUT2D eigenvalue weighted by molar-refractivity contribution is 0.102. The van der Waals surface area contributed by atoms with Crippen LogP contribution in [0.15, 0.2) is 53.4 Å². The predicted molar refractivity (Wildman–Crippen MR) is 83.9 cm³/mol. The second-order valence-electron chi connectivity index (χ2n) is 5.20. The van der Waals surface area contributed by atoms with E-state index in [0.29, 0.717) is 23.6 Å². The molecule has 2 aromatic heterocycles. The van der Waals surface area contributed by atoms with E-state index >= 15 is 0 Å². The monoisotopic (exact) mass is 295 g/mol. The van der Waals surface area contributed by atoms with Gasteiger partial charge >= 0.3 is 0 Å². The predicted octanol–water partition coefficient (Wildman–Crippen LogP) is 3.39. The van der Waals surface area contributed by atoms with Crippen LogP contribution >= 0.6 is 0 Å². The van der Waals surface area contributed by atoms with Gasteiger partial charge in [0.15, 0.2) is 0 Å². The van der Waals surface area contributed by atoms with Gasteiger partial charge in [-0.1, -0.05) is 24.3 Å². The number of amides is 1. The van der Waals surface area contributed by atoms with Crippen molar-refractivity contribution in [1.29, 1.82) is 0 Å². The molecule has 2 heterocycles. The number of carbonyl (C=O) groups is 1. The lowest BCUT2D eigenvalue weighted by atomic mass is 10.1. The van der Waals surface area contributed by atoms with Gasteiger partial charge in [0.1, 0.15) is 5.76 Å². The van der Waals surface area contributed by atoms with Crippen LogP contribution in [0, 0.1) is 13.8 Å². The zero-order chi connectivity index (χ0) is 15.5. The molecule has 0 fully saturated rings. The van der Waals surface area contributed by atoms with Crippen molar-refractivity contribution < 1.29 is 9.21 Å². The molecule has 1 aromatic carbocycles. The van der Waals surface area contributed by atoms with Crippen LogP contribution in [0.25, 0.3) is 0 Å². The Labute approximate surface area is 128 Å². The molecule has 1 N–H and O–H groups in total. The molecule has 112 valence electrons. The Morgan fingerprint density at radius 2 is 2.09 bits per heavy atom. The largest absolute Gasteiger partial charge is 0.469 e. The van der Waals surface area contributed by atoms with Gasteiger partial charge in [-0.05, 0) is 31.0 Å². The minimum absolute atomic E-state index is 0.193. The molecule has 0 spiro atoms. The molecule has 0 bridgehead atoms. The van der Waals surface area contributed by atoms with E-state index in [1.807, 2.05) is 18.3 Å². The van der Waals surface area contributed by atoms with E-state index in [1.165, 1.54) is 17.4 Å². The van der Waals surface area contributed by atoms with Crippen LogP contribution in [0.5, 0.6) is 0 Å². The van der Waals surface area contributed by atoms with Gasteiger partial charge in [-0.2, -0.15) is 5.10 Å². The summed E-state index contributed by atoms with van der Waals surface area (Å²) in [5.41, 5.74) is 3.62. The molecule has 0 aliphatic rings. The van der Waals surface area contributed by atoms with Gasteiger partial charge in [-0.25, -0.2) is 0 Å². The number of hydrogen-bond acceptors (Lipinski definition) is 3. The highest BCUT2D eigenvalue weighted by atomic mass is 16.3. The normalized spacial score (nSPS) is 10.6. The van der Waals surface area contributed by atoms with Crippen molar-refractivity contribution in [3.8, 4) is 0 Å². The number of benzene rings is 1. The molecule has 0 unspecified atom stereocenters. The fourth-order valence-corrected chi connectivity index (χ4v) is 2.30. The topological polar surface area (TPSA) is 60.1 Å². The SMILES string of the molecule is Cc1ccccc1Cn1cc(NC(=O)c2ccoc2C)cn1. The van der Waals surface area contributed by atoms with Gasteiger partial charge < -0.3 is 9.73 Å². The number of hydrogen-bond donors (Lipinski definition) is 1. The zero-order valence-electron chi connectivity index (χ0n) is 12.5. The Hall–Kier alpha value is -2.82. The molecule has 0 aliphatic heterocycles. The van der Waals surface area contributed by atoms with Crippen LogP contribution in [0.3, 0.4) is 0 Å². The maximum Gasteiger partial charge on any atom is 0.259 e. The van der Waals surface area contributed by atoms with Crippen LogP contribution < -0.4 is 5.32 Å². The van der Waals surface area contributed by atoms with Gasteiger partial charge in [0.2, 0.25) is 0 Å². The Balaban J connectivity index is 1.70. The number of aromatic nitrogens is 2. The minimum Gasteiger partial charge on any atom is -0.469 e. The van der Waals surface area contributed by atoms with Crippen molar-refractivity contribution in [1.82, 2.24) is 9.78 Å². The average molecular weight is 295 g/mol. The minimum atomic E-state index is -0.193. The van der Waals surface area contributed by atoms with E-state index in [2.05, 4.69) is 29.5 Å². The number of nitrogens with one attached hydrogen (secondary N) is 1. The maximum atomic E-state index is 12.1. The Morgan fingerprint density at radius 1 is 1.27 bits per heavy atom. The van der Waals surface area contributed by atoms with Crippen molar-refractivity contribution in [2.45, 2.75) is 20.4 Å². The first-order valence-electron chi connectivity index (χ1n) is 7.06. The molecule has 5 heteroatoms. The first-order valence-corrected chi connectivity index (χ1v) is 7.06. The van der Waals surface area contributed by atoms with Crippen molar-refractivity contribution in [2.75, 3.05) is 5.32 Å². The third-order valence-corrected chi connectivity index (χ3v) is 3.59. The number of anilines is 1. The Bertz CT molecular complexity index is 802. The molecular formula is C17H17N3O2. The molecule has 0 atom stereocenters. The maximum absolute atomic E-state index is 12.1. The van der Waals surface area contributed by atoms with Gasteiger partial charge in [0, 0.05) is 6.20 Å². The lowest BCUT2D eigenvalue weighted by Gasteiger charge is -2.05. The number of aryl methyl sites for hydroxylation is 2. The summed E-state index contributed by atoms with van der Waals surface area (Å²) < 4.78 is 6.94. The zero-order valence-corrected chi connectivity index (χ0v) is 12.5. The summed E-state index contributed by atoms with van der Waals surface area (Å²) in [6.45, 7) is 4.51. The van der Waals surface area contributed by atoms with Gasteiger partial charge in [0.05, 0.1) is 30.3 Å². The van der Waals surface area contributed by atoms with E-state index in [-0.39, 0.29) is 5.91 Å². The highest BCUT2D eigenvalue weighted by Gasteiger charge is 2.12. The van der Waals surface area contributed by atoms with Crippen molar-refractivity contribution in [3.63, 3.8) is 0 Å². The van der Waals surface area contributed by atoms with E-state index < -0.39 is 0 Å². The molecule has 0 aliphatic carbocycles. The summed E-state index contributed by atoms with van der Waals surface area (Å²) in [5, 5.41) is 7.11. The average Bonchev–Trinajstić information content (AvgIpc) is 3.10. The van der Waals surface area contributed by atoms with Gasteiger partial charge in [-0.15, -0.1) is 0 Å². The second-order valence-corrected chi connectivity index (χ2v) is 5.20. The molecule has 0 saturated heterocycles. The van der Waals surface area contributed by atoms with E-state index in [0.717, 1.165) is 0 Å². The second kappa shape index (κ2) is 5.89. The fourth-order valence-electron chi connectivity index (χ4n) is 2.30. The van der Waals surface area contributed by atoms with E-state index in [9.17, 15) is 4.79 Å². The number of rotatable bonds is 4. The number of furan rings is 1.